The molecular weight excluding hydrogens is 254 g/mol. The first-order chi connectivity index (χ1) is 9.70. The number of aliphatic hydroxyl groups is 2. The van der Waals surface area contributed by atoms with Crippen molar-refractivity contribution in [2.45, 2.75) is 19.3 Å². The summed E-state index contributed by atoms with van der Waals surface area (Å²) in [5.41, 5.74) is 2.25. The summed E-state index contributed by atoms with van der Waals surface area (Å²) in [4.78, 5) is 0. The molecular formula is C16H19NO3. The molecule has 0 radical (unpaired) electrons. The van der Waals surface area contributed by atoms with Gasteiger partial charge in [-0.1, -0.05) is 36.4 Å². The van der Waals surface area contributed by atoms with Gasteiger partial charge in [0.2, 0.25) is 0 Å². The maximum Gasteiger partial charge on any atom is 0.121 e. The lowest BCUT2D eigenvalue weighted by Crippen LogP contribution is -2.21. The summed E-state index contributed by atoms with van der Waals surface area (Å²) in [5.74, 6) is 0.0423. The third kappa shape index (κ3) is 3.81. The largest absolute Gasteiger partial charge is 0.508 e. The van der Waals surface area contributed by atoms with Gasteiger partial charge in [-0.25, -0.2) is 0 Å². The third-order valence-corrected chi connectivity index (χ3v) is 3.17. The highest BCUT2D eigenvalue weighted by Crippen LogP contribution is 2.22. The second kappa shape index (κ2) is 7.05. The van der Waals surface area contributed by atoms with E-state index in [2.05, 4.69) is 5.32 Å². The van der Waals surface area contributed by atoms with Crippen LogP contribution in [-0.2, 0) is 13.2 Å². The molecule has 4 nitrogen and oxygen atoms in total. The molecule has 4 N–H and O–H groups in total. The standard InChI is InChI=1S/C16H19NO3/c18-11-14-8-13(6-7-15(14)19)16(20)10-17-9-12-4-2-1-3-5-12/h1-8,16-20H,9-11H2/t16-/m1/s1. The lowest BCUT2D eigenvalue weighted by molar-refractivity contribution is 0.174. The molecule has 1 atom stereocenters. The Hall–Kier alpha value is -1.88. The minimum Gasteiger partial charge on any atom is -0.508 e. The fourth-order valence-electron chi connectivity index (χ4n) is 2.01. The summed E-state index contributed by atoms with van der Waals surface area (Å²) < 4.78 is 0. The summed E-state index contributed by atoms with van der Waals surface area (Å²) >= 11 is 0. The van der Waals surface area contributed by atoms with Crippen LogP contribution in [0.5, 0.6) is 5.75 Å². The summed E-state index contributed by atoms with van der Waals surface area (Å²) in [6.45, 7) is 0.844. The van der Waals surface area contributed by atoms with Crippen LogP contribution in [0.25, 0.3) is 0 Å². The molecule has 0 saturated heterocycles. The van der Waals surface area contributed by atoms with Gasteiger partial charge in [-0.3, -0.25) is 0 Å². The number of rotatable bonds is 6. The molecule has 0 aliphatic heterocycles. The minimum absolute atomic E-state index is 0.0423. The maximum absolute atomic E-state index is 10.1. The highest BCUT2D eigenvalue weighted by Gasteiger charge is 2.09. The van der Waals surface area contributed by atoms with E-state index in [9.17, 15) is 10.2 Å². The van der Waals surface area contributed by atoms with Crippen LogP contribution in [0.4, 0.5) is 0 Å². The molecule has 20 heavy (non-hydrogen) atoms. The van der Waals surface area contributed by atoms with Crippen molar-refractivity contribution in [3.8, 4) is 5.75 Å². The van der Waals surface area contributed by atoms with Gasteiger partial charge in [0, 0.05) is 18.7 Å². The smallest absolute Gasteiger partial charge is 0.121 e. The van der Waals surface area contributed by atoms with Gasteiger partial charge in [-0.2, -0.15) is 0 Å². The summed E-state index contributed by atoms with van der Waals surface area (Å²) in [6, 6.07) is 14.7. The number of benzene rings is 2. The van der Waals surface area contributed by atoms with Crippen LogP contribution in [0.2, 0.25) is 0 Å². The first-order valence-corrected chi connectivity index (χ1v) is 6.56. The molecule has 4 heteroatoms. The van der Waals surface area contributed by atoms with E-state index in [1.165, 1.54) is 6.07 Å². The van der Waals surface area contributed by atoms with Crippen molar-refractivity contribution < 1.29 is 15.3 Å². The molecule has 2 rings (SSSR count). The molecule has 2 aromatic carbocycles. The van der Waals surface area contributed by atoms with E-state index in [4.69, 9.17) is 5.11 Å². The molecule has 0 aromatic heterocycles. The van der Waals surface area contributed by atoms with E-state index in [1.54, 1.807) is 12.1 Å². The number of phenols is 1. The number of nitrogens with one attached hydrogen (secondary N) is 1. The van der Waals surface area contributed by atoms with Crippen LogP contribution in [0.3, 0.4) is 0 Å². The lowest BCUT2D eigenvalue weighted by Gasteiger charge is -2.14. The lowest BCUT2D eigenvalue weighted by atomic mass is 10.1. The molecule has 0 heterocycles. The van der Waals surface area contributed by atoms with Crippen LogP contribution in [0.15, 0.2) is 48.5 Å². The van der Waals surface area contributed by atoms with Crippen LogP contribution < -0.4 is 5.32 Å². The fraction of sp³-hybridized carbons (Fsp3) is 0.250. The maximum atomic E-state index is 10.1. The molecule has 0 fully saturated rings. The number of aliphatic hydroxyl groups excluding tert-OH is 2. The van der Waals surface area contributed by atoms with Gasteiger partial charge in [0.25, 0.3) is 0 Å². The van der Waals surface area contributed by atoms with Gasteiger partial charge in [0.1, 0.15) is 5.75 Å². The molecule has 0 bridgehead atoms. The molecule has 0 spiro atoms. The van der Waals surface area contributed by atoms with Gasteiger partial charge in [-0.15, -0.1) is 0 Å². The van der Waals surface area contributed by atoms with E-state index in [1.807, 2.05) is 30.3 Å². The van der Waals surface area contributed by atoms with Gasteiger partial charge in [0.05, 0.1) is 12.7 Å². The molecule has 0 amide bonds. The Morgan fingerprint density at radius 3 is 2.50 bits per heavy atom. The first-order valence-electron chi connectivity index (χ1n) is 6.56. The van der Waals surface area contributed by atoms with E-state index in [0.717, 1.165) is 5.56 Å². The Morgan fingerprint density at radius 1 is 1.05 bits per heavy atom. The molecule has 106 valence electrons. The van der Waals surface area contributed by atoms with E-state index in [0.29, 0.717) is 24.2 Å². The normalized spacial score (nSPS) is 12.3. The molecule has 0 saturated carbocycles. The average molecular weight is 273 g/mol. The Bertz CT molecular complexity index is 543. The zero-order valence-corrected chi connectivity index (χ0v) is 11.2. The van der Waals surface area contributed by atoms with Crippen LogP contribution in [0.1, 0.15) is 22.8 Å². The van der Waals surface area contributed by atoms with E-state index < -0.39 is 6.10 Å². The van der Waals surface area contributed by atoms with Crippen molar-refractivity contribution in [3.05, 3.63) is 65.2 Å². The third-order valence-electron chi connectivity index (χ3n) is 3.17. The quantitative estimate of drug-likeness (QED) is 0.646. The number of hydrogen-bond donors (Lipinski definition) is 4. The molecule has 0 aliphatic rings. The van der Waals surface area contributed by atoms with Crippen LogP contribution >= 0.6 is 0 Å². The molecule has 0 aliphatic carbocycles. The minimum atomic E-state index is -0.676. The predicted octanol–water partition coefficient (Wildman–Crippen LogP) is 1.71. The van der Waals surface area contributed by atoms with Gasteiger partial charge < -0.3 is 20.6 Å². The Labute approximate surface area is 118 Å². The zero-order chi connectivity index (χ0) is 14.4. The van der Waals surface area contributed by atoms with Gasteiger partial charge in [0.15, 0.2) is 0 Å². The summed E-state index contributed by atoms with van der Waals surface area (Å²) in [7, 11) is 0. The van der Waals surface area contributed by atoms with Crippen molar-refractivity contribution in [2.75, 3.05) is 6.54 Å². The van der Waals surface area contributed by atoms with Crippen LogP contribution in [0, 0.1) is 0 Å². The fourth-order valence-corrected chi connectivity index (χ4v) is 2.01. The predicted molar refractivity (Wildman–Crippen MR) is 77.1 cm³/mol. The monoisotopic (exact) mass is 273 g/mol. The number of aromatic hydroxyl groups is 1. The Morgan fingerprint density at radius 2 is 1.80 bits per heavy atom. The number of hydrogen-bond acceptors (Lipinski definition) is 4. The SMILES string of the molecule is OCc1cc([C@H](O)CNCc2ccccc2)ccc1O. The highest BCUT2D eigenvalue weighted by atomic mass is 16.3. The van der Waals surface area contributed by atoms with Gasteiger partial charge >= 0.3 is 0 Å². The van der Waals surface area contributed by atoms with Crippen molar-refractivity contribution in [1.82, 2.24) is 5.32 Å². The second-order valence-electron chi connectivity index (χ2n) is 4.68. The van der Waals surface area contributed by atoms with Gasteiger partial charge in [-0.05, 0) is 23.3 Å². The van der Waals surface area contributed by atoms with Crippen LogP contribution in [-0.4, -0.2) is 21.9 Å². The zero-order valence-electron chi connectivity index (χ0n) is 11.2. The van der Waals surface area contributed by atoms with Crippen molar-refractivity contribution >= 4 is 0 Å². The molecule has 2 aromatic rings. The topological polar surface area (TPSA) is 72.7 Å². The Balaban J connectivity index is 1.90. The van der Waals surface area contributed by atoms with Crippen molar-refractivity contribution in [3.63, 3.8) is 0 Å². The first kappa shape index (κ1) is 14.5. The average Bonchev–Trinajstić information content (AvgIpc) is 2.48. The van der Waals surface area contributed by atoms with E-state index >= 15 is 0 Å². The van der Waals surface area contributed by atoms with Crippen molar-refractivity contribution in [2.24, 2.45) is 0 Å². The second-order valence-corrected chi connectivity index (χ2v) is 4.68. The highest BCUT2D eigenvalue weighted by molar-refractivity contribution is 5.36. The van der Waals surface area contributed by atoms with E-state index in [-0.39, 0.29) is 12.4 Å². The Kier molecular flexibility index (Phi) is 5.12. The summed E-state index contributed by atoms with van der Waals surface area (Å²) in [5, 5.41) is 31.8. The summed E-state index contributed by atoms with van der Waals surface area (Å²) in [6.07, 6.45) is -0.676. The molecule has 0 unspecified atom stereocenters. The van der Waals surface area contributed by atoms with Crippen molar-refractivity contribution in [1.29, 1.82) is 0 Å².